The molecule has 4 rings (SSSR count). The van der Waals surface area contributed by atoms with E-state index in [0.717, 1.165) is 43.6 Å². The van der Waals surface area contributed by atoms with E-state index in [1.165, 1.54) is 25.0 Å². The minimum absolute atomic E-state index is 0.144. The lowest BCUT2D eigenvalue weighted by Crippen LogP contribution is -2.47. The highest BCUT2D eigenvalue weighted by Gasteiger charge is 2.31. The first kappa shape index (κ1) is 14.6. The summed E-state index contributed by atoms with van der Waals surface area (Å²) in [5.74, 6) is 1.93. The standard InChI is InChI=1S/C17H21FN4O/c1-12(17-19-16(20-23-17)13-2-3-13)21-8-10-22(11-9-21)15-6-4-14(18)5-7-15/h4-7,12-13H,2-3,8-11H2,1H3/t12-/m0/s1. The molecule has 2 aliphatic rings. The number of piperazine rings is 1. The van der Waals surface area contributed by atoms with Gasteiger partial charge in [0.15, 0.2) is 5.82 Å². The minimum Gasteiger partial charge on any atom is -0.369 e. The van der Waals surface area contributed by atoms with Crippen LogP contribution in [0.25, 0.3) is 0 Å². The Bertz CT molecular complexity index is 659. The van der Waals surface area contributed by atoms with Crippen LogP contribution in [0.4, 0.5) is 10.1 Å². The van der Waals surface area contributed by atoms with Crippen LogP contribution in [0.1, 0.15) is 43.4 Å². The molecule has 1 atom stereocenters. The van der Waals surface area contributed by atoms with Gasteiger partial charge in [-0.25, -0.2) is 4.39 Å². The second-order valence-corrected chi connectivity index (χ2v) is 6.44. The quantitative estimate of drug-likeness (QED) is 0.868. The minimum atomic E-state index is -0.191. The van der Waals surface area contributed by atoms with Crippen molar-refractivity contribution >= 4 is 5.69 Å². The Labute approximate surface area is 135 Å². The van der Waals surface area contributed by atoms with Gasteiger partial charge in [-0.2, -0.15) is 4.98 Å². The average molecular weight is 316 g/mol. The SMILES string of the molecule is C[C@@H](c1nc(C2CC2)no1)N1CCN(c2ccc(F)cc2)CC1. The van der Waals surface area contributed by atoms with Crippen molar-refractivity contribution < 1.29 is 8.91 Å². The first-order valence-corrected chi connectivity index (χ1v) is 8.29. The molecular formula is C17H21FN4O. The zero-order valence-corrected chi connectivity index (χ0v) is 13.3. The Morgan fingerprint density at radius 2 is 1.83 bits per heavy atom. The van der Waals surface area contributed by atoms with Crippen molar-refractivity contribution in [3.8, 4) is 0 Å². The topological polar surface area (TPSA) is 45.4 Å². The highest BCUT2D eigenvalue weighted by atomic mass is 19.1. The molecule has 0 N–H and O–H groups in total. The summed E-state index contributed by atoms with van der Waals surface area (Å²) in [5, 5.41) is 4.11. The van der Waals surface area contributed by atoms with Gasteiger partial charge in [-0.05, 0) is 44.0 Å². The summed E-state index contributed by atoms with van der Waals surface area (Å²) in [6.45, 7) is 5.82. The van der Waals surface area contributed by atoms with E-state index in [0.29, 0.717) is 5.92 Å². The van der Waals surface area contributed by atoms with Gasteiger partial charge in [0.1, 0.15) is 5.82 Å². The molecule has 0 bridgehead atoms. The van der Waals surface area contributed by atoms with Crippen molar-refractivity contribution in [3.05, 3.63) is 41.8 Å². The molecule has 0 radical (unpaired) electrons. The Balaban J connectivity index is 1.37. The predicted octanol–water partition coefficient (Wildman–Crippen LogP) is 2.97. The molecule has 0 unspecified atom stereocenters. The predicted molar refractivity (Wildman–Crippen MR) is 84.9 cm³/mol. The van der Waals surface area contributed by atoms with Crippen LogP contribution in [-0.2, 0) is 0 Å². The van der Waals surface area contributed by atoms with Crippen LogP contribution in [-0.4, -0.2) is 41.2 Å². The molecule has 2 aromatic rings. The number of hydrogen-bond donors (Lipinski definition) is 0. The van der Waals surface area contributed by atoms with E-state index < -0.39 is 0 Å². The maximum Gasteiger partial charge on any atom is 0.243 e. The lowest BCUT2D eigenvalue weighted by Gasteiger charge is -2.38. The molecule has 1 aliphatic carbocycles. The Morgan fingerprint density at radius 3 is 2.48 bits per heavy atom. The molecule has 0 amide bonds. The Hall–Kier alpha value is -1.95. The summed E-state index contributed by atoms with van der Waals surface area (Å²) in [6.07, 6.45) is 2.37. The zero-order chi connectivity index (χ0) is 15.8. The second-order valence-electron chi connectivity index (χ2n) is 6.44. The van der Waals surface area contributed by atoms with Crippen molar-refractivity contribution in [1.29, 1.82) is 0 Å². The van der Waals surface area contributed by atoms with Gasteiger partial charge in [0.25, 0.3) is 0 Å². The van der Waals surface area contributed by atoms with E-state index in [4.69, 9.17) is 4.52 Å². The fourth-order valence-electron chi connectivity index (χ4n) is 3.10. The Kier molecular flexibility index (Phi) is 3.77. The van der Waals surface area contributed by atoms with Crippen molar-refractivity contribution in [2.45, 2.75) is 31.7 Å². The summed E-state index contributed by atoms with van der Waals surface area (Å²) in [7, 11) is 0. The van der Waals surface area contributed by atoms with Crippen molar-refractivity contribution in [2.24, 2.45) is 0 Å². The van der Waals surface area contributed by atoms with Crippen LogP contribution < -0.4 is 4.90 Å². The molecule has 0 spiro atoms. The third-order valence-corrected chi connectivity index (χ3v) is 4.81. The van der Waals surface area contributed by atoms with Gasteiger partial charge in [-0.3, -0.25) is 4.90 Å². The molecule has 23 heavy (non-hydrogen) atoms. The number of rotatable bonds is 4. The number of hydrogen-bond acceptors (Lipinski definition) is 5. The van der Waals surface area contributed by atoms with Crippen LogP contribution in [0, 0.1) is 5.82 Å². The monoisotopic (exact) mass is 316 g/mol. The van der Waals surface area contributed by atoms with Gasteiger partial charge < -0.3 is 9.42 Å². The van der Waals surface area contributed by atoms with Crippen LogP contribution in [0.15, 0.2) is 28.8 Å². The molecule has 1 aromatic carbocycles. The van der Waals surface area contributed by atoms with Gasteiger partial charge >= 0.3 is 0 Å². The molecule has 1 saturated heterocycles. The normalized spacial score (nSPS) is 20.7. The van der Waals surface area contributed by atoms with Crippen molar-refractivity contribution in [3.63, 3.8) is 0 Å². The van der Waals surface area contributed by atoms with Gasteiger partial charge in [-0.15, -0.1) is 0 Å². The molecule has 5 nitrogen and oxygen atoms in total. The summed E-state index contributed by atoms with van der Waals surface area (Å²) in [6, 6.07) is 6.86. The van der Waals surface area contributed by atoms with Crippen LogP contribution in [0.5, 0.6) is 0 Å². The maximum absolute atomic E-state index is 13.0. The summed E-state index contributed by atoms with van der Waals surface area (Å²) >= 11 is 0. The van der Waals surface area contributed by atoms with E-state index >= 15 is 0 Å². The number of benzene rings is 1. The lowest BCUT2D eigenvalue weighted by atomic mass is 10.2. The largest absolute Gasteiger partial charge is 0.369 e. The fourth-order valence-corrected chi connectivity index (χ4v) is 3.10. The molecule has 2 heterocycles. The van der Waals surface area contributed by atoms with Gasteiger partial charge in [0.05, 0.1) is 6.04 Å². The van der Waals surface area contributed by atoms with E-state index in [2.05, 4.69) is 26.9 Å². The number of aromatic nitrogens is 2. The molecule has 1 aromatic heterocycles. The van der Waals surface area contributed by atoms with E-state index in [9.17, 15) is 4.39 Å². The molecule has 2 fully saturated rings. The number of anilines is 1. The van der Waals surface area contributed by atoms with Crippen LogP contribution in [0.2, 0.25) is 0 Å². The third-order valence-electron chi connectivity index (χ3n) is 4.81. The first-order chi connectivity index (χ1) is 11.2. The van der Waals surface area contributed by atoms with E-state index in [1.54, 1.807) is 0 Å². The number of halogens is 1. The molecule has 1 saturated carbocycles. The van der Waals surface area contributed by atoms with Crippen LogP contribution >= 0.6 is 0 Å². The molecule has 6 heteroatoms. The molecular weight excluding hydrogens is 295 g/mol. The number of nitrogens with zero attached hydrogens (tertiary/aromatic N) is 4. The highest BCUT2D eigenvalue weighted by Crippen LogP contribution is 2.38. The van der Waals surface area contributed by atoms with Gasteiger partial charge in [-0.1, -0.05) is 5.16 Å². The van der Waals surface area contributed by atoms with Gasteiger partial charge in [0, 0.05) is 37.8 Å². The Morgan fingerprint density at radius 1 is 1.13 bits per heavy atom. The smallest absolute Gasteiger partial charge is 0.243 e. The second kappa shape index (κ2) is 5.92. The molecule has 122 valence electrons. The van der Waals surface area contributed by atoms with E-state index in [1.807, 2.05) is 12.1 Å². The van der Waals surface area contributed by atoms with Crippen LogP contribution in [0.3, 0.4) is 0 Å². The van der Waals surface area contributed by atoms with Crippen molar-refractivity contribution in [2.75, 3.05) is 31.1 Å². The molecule has 1 aliphatic heterocycles. The average Bonchev–Trinajstić information content (AvgIpc) is 3.32. The zero-order valence-electron chi connectivity index (χ0n) is 13.3. The van der Waals surface area contributed by atoms with Gasteiger partial charge in [0.2, 0.25) is 5.89 Å². The lowest BCUT2D eigenvalue weighted by molar-refractivity contribution is 0.164. The fraction of sp³-hybridized carbons (Fsp3) is 0.529. The van der Waals surface area contributed by atoms with Crippen molar-refractivity contribution in [1.82, 2.24) is 15.0 Å². The summed E-state index contributed by atoms with van der Waals surface area (Å²) in [4.78, 5) is 9.21. The third kappa shape index (κ3) is 3.08. The maximum atomic E-state index is 13.0. The van der Waals surface area contributed by atoms with E-state index in [-0.39, 0.29) is 11.9 Å². The summed E-state index contributed by atoms with van der Waals surface area (Å²) < 4.78 is 18.5. The summed E-state index contributed by atoms with van der Waals surface area (Å²) in [5.41, 5.74) is 1.08. The first-order valence-electron chi connectivity index (χ1n) is 8.29. The highest BCUT2D eigenvalue weighted by molar-refractivity contribution is 5.46.